The lowest BCUT2D eigenvalue weighted by atomic mass is 9.86. The van der Waals surface area contributed by atoms with Crippen molar-refractivity contribution in [2.24, 2.45) is 0 Å². The van der Waals surface area contributed by atoms with E-state index < -0.39 is 5.54 Å². The summed E-state index contributed by atoms with van der Waals surface area (Å²) in [5, 5.41) is 7.68. The van der Waals surface area contributed by atoms with Gasteiger partial charge < -0.3 is 9.32 Å². The van der Waals surface area contributed by atoms with Crippen molar-refractivity contribution < 1.29 is 14.0 Å². The number of hydrogen-bond acceptors (Lipinski definition) is 5. The fourth-order valence-electron chi connectivity index (χ4n) is 4.74. The number of aromatic nitrogens is 3. The first-order valence-corrected chi connectivity index (χ1v) is 12.6. The number of aromatic amines is 1. The second-order valence-corrected chi connectivity index (χ2v) is 11.4. The van der Waals surface area contributed by atoms with E-state index in [0.29, 0.717) is 35.0 Å². The molecule has 3 aromatic heterocycles. The minimum absolute atomic E-state index is 0.160. The number of pyridine rings is 1. The van der Waals surface area contributed by atoms with Crippen molar-refractivity contribution in [3.63, 3.8) is 0 Å². The summed E-state index contributed by atoms with van der Waals surface area (Å²) in [6.07, 6.45) is 0. The van der Waals surface area contributed by atoms with E-state index in [4.69, 9.17) is 21.0 Å². The van der Waals surface area contributed by atoms with Crippen molar-refractivity contribution in [3.05, 3.63) is 64.5 Å². The third kappa shape index (κ3) is 4.39. The van der Waals surface area contributed by atoms with E-state index in [1.807, 2.05) is 43.3 Å². The molecule has 1 aliphatic heterocycles. The number of nitrogens with one attached hydrogen (secondary N) is 1. The number of fused-ring (bicyclic) bond motifs is 1. The van der Waals surface area contributed by atoms with Gasteiger partial charge in [0.2, 0.25) is 0 Å². The predicted octanol–water partition coefficient (Wildman–Crippen LogP) is 5.74. The first-order valence-electron chi connectivity index (χ1n) is 12.2. The molecule has 1 saturated heterocycles. The lowest BCUT2D eigenvalue weighted by molar-refractivity contribution is -0.129. The molecule has 1 aromatic carbocycles. The predicted molar refractivity (Wildman–Crippen MR) is 144 cm³/mol. The second kappa shape index (κ2) is 8.73. The molecule has 4 aromatic rings. The Labute approximate surface area is 220 Å². The van der Waals surface area contributed by atoms with Crippen LogP contribution >= 0.6 is 11.6 Å². The topological polar surface area (TPSA) is 95.3 Å². The molecule has 0 aliphatic carbocycles. The van der Waals surface area contributed by atoms with Crippen LogP contribution in [-0.2, 0) is 10.2 Å². The molecule has 192 valence electrons. The minimum atomic E-state index is -1.08. The lowest BCUT2D eigenvalue weighted by Crippen LogP contribution is -2.64. The molecule has 0 saturated carbocycles. The molecular weight excluding hydrogens is 490 g/mol. The van der Waals surface area contributed by atoms with E-state index in [-0.39, 0.29) is 23.0 Å². The zero-order valence-corrected chi connectivity index (χ0v) is 22.6. The van der Waals surface area contributed by atoms with Crippen molar-refractivity contribution in [1.29, 1.82) is 0 Å². The number of nitrogens with zero attached hydrogens (tertiary/aromatic N) is 4. The van der Waals surface area contributed by atoms with Gasteiger partial charge in [-0.1, -0.05) is 44.5 Å². The number of carbonyl (C=O) groups excluding carboxylic acids is 2. The smallest absolute Gasteiger partial charge is 0.290 e. The molecule has 0 bridgehead atoms. The van der Waals surface area contributed by atoms with Gasteiger partial charge >= 0.3 is 0 Å². The van der Waals surface area contributed by atoms with Crippen LogP contribution in [0.15, 0.2) is 46.9 Å². The molecule has 0 atom stereocenters. The highest BCUT2D eigenvalue weighted by atomic mass is 35.5. The number of furan rings is 1. The molecule has 2 amide bonds. The molecule has 1 aliphatic rings. The molecular formula is C28H30ClN5O3. The molecule has 1 fully saturated rings. The van der Waals surface area contributed by atoms with Gasteiger partial charge in [0.1, 0.15) is 16.9 Å². The largest absolute Gasteiger partial charge is 0.449 e. The van der Waals surface area contributed by atoms with E-state index >= 15 is 0 Å². The number of rotatable bonds is 3. The fourth-order valence-corrected chi connectivity index (χ4v) is 4.87. The molecule has 1 N–H and O–H groups in total. The Hall–Kier alpha value is -3.65. The van der Waals surface area contributed by atoms with Gasteiger partial charge in [0.15, 0.2) is 11.3 Å². The van der Waals surface area contributed by atoms with Gasteiger partial charge in [-0.25, -0.2) is 4.98 Å². The van der Waals surface area contributed by atoms with Crippen molar-refractivity contribution in [1.82, 2.24) is 20.1 Å². The standard InChI is InChI=1S/C28H30ClN5O3/c1-16-13-23(32-31-16)33-11-12-34(28(5,6)26(33)36)25(35)22-15-21-24(37-22)19(27(2,3)4)14-20(30-21)17-7-9-18(29)10-8-17/h7-10,13-15H,11-12H2,1-6H3,(H,31,32). The Kier molecular flexibility index (Phi) is 5.90. The van der Waals surface area contributed by atoms with E-state index in [2.05, 4.69) is 31.0 Å². The summed E-state index contributed by atoms with van der Waals surface area (Å²) in [5.74, 6) is 0.253. The van der Waals surface area contributed by atoms with Crippen LogP contribution < -0.4 is 4.90 Å². The summed E-state index contributed by atoms with van der Waals surface area (Å²) in [7, 11) is 0. The highest BCUT2D eigenvalue weighted by Crippen LogP contribution is 2.36. The van der Waals surface area contributed by atoms with E-state index in [9.17, 15) is 9.59 Å². The zero-order chi connectivity index (χ0) is 26.7. The third-order valence-electron chi connectivity index (χ3n) is 6.86. The summed E-state index contributed by atoms with van der Waals surface area (Å²) in [6, 6.07) is 13.0. The number of halogens is 1. The van der Waals surface area contributed by atoms with Crippen LogP contribution in [0.3, 0.4) is 0 Å². The maximum absolute atomic E-state index is 13.7. The maximum atomic E-state index is 13.7. The summed E-state index contributed by atoms with van der Waals surface area (Å²) < 4.78 is 6.18. The maximum Gasteiger partial charge on any atom is 0.290 e. The van der Waals surface area contributed by atoms with E-state index in [1.54, 1.807) is 29.7 Å². The quantitative estimate of drug-likeness (QED) is 0.372. The Balaban J connectivity index is 1.52. The summed E-state index contributed by atoms with van der Waals surface area (Å²) in [4.78, 5) is 35.2. The van der Waals surface area contributed by atoms with Gasteiger partial charge in [-0.05, 0) is 44.4 Å². The van der Waals surface area contributed by atoms with Crippen LogP contribution in [0.25, 0.3) is 22.4 Å². The van der Waals surface area contributed by atoms with Gasteiger partial charge in [0, 0.05) is 41.4 Å². The number of carbonyl (C=O) groups is 2. The molecule has 0 spiro atoms. The first-order chi connectivity index (χ1) is 17.4. The Morgan fingerprint density at radius 2 is 1.81 bits per heavy atom. The second-order valence-electron chi connectivity index (χ2n) is 11.0. The average Bonchev–Trinajstić information content (AvgIpc) is 3.45. The molecule has 0 unspecified atom stereocenters. The van der Waals surface area contributed by atoms with Crippen LogP contribution in [0.5, 0.6) is 0 Å². The lowest BCUT2D eigenvalue weighted by Gasteiger charge is -2.44. The molecule has 4 heterocycles. The number of anilines is 1. The number of H-pyrrole nitrogens is 1. The van der Waals surface area contributed by atoms with Gasteiger partial charge in [-0.15, -0.1) is 0 Å². The molecule has 5 rings (SSSR count). The van der Waals surface area contributed by atoms with E-state index in [0.717, 1.165) is 22.5 Å². The molecule has 8 nitrogen and oxygen atoms in total. The number of hydrogen-bond donors (Lipinski definition) is 1. The Bertz CT molecular complexity index is 1510. The van der Waals surface area contributed by atoms with Gasteiger partial charge in [0.05, 0.1) is 11.4 Å². The Morgan fingerprint density at radius 3 is 2.43 bits per heavy atom. The van der Waals surface area contributed by atoms with Crippen molar-refractivity contribution in [2.75, 3.05) is 18.0 Å². The van der Waals surface area contributed by atoms with Crippen molar-refractivity contribution >= 4 is 40.3 Å². The van der Waals surface area contributed by atoms with Gasteiger partial charge in [-0.3, -0.25) is 19.6 Å². The first kappa shape index (κ1) is 25.0. The third-order valence-corrected chi connectivity index (χ3v) is 7.11. The zero-order valence-electron chi connectivity index (χ0n) is 21.8. The number of aryl methyl sites for hydroxylation is 1. The molecule has 0 radical (unpaired) electrons. The van der Waals surface area contributed by atoms with Gasteiger partial charge in [0.25, 0.3) is 11.8 Å². The van der Waals surface area contributed by atoms with E-state index in [1.165, 1.54) is 0 Å². The molecule has 9 heteroatoms. The average molecular weight is 520 g/mol. The van der Waals surface area contributed by atoms with Crippen molar-refractivity contribution in [3.8, 4) is 11.3 Å². The number of piperazine rings is 1. The van der Waals surface area contributed by atoms with Crippen LogP contribution in [0, 0.1) is 6.92 Å². The summed E-state index contributed by atoms with van der Waals surface area (Å²) in [5.41, 5.74) is 3.25. The van der Waals surface area contributed by atoms with Crippen LogP contribution in [0.1, 0.15) is 56.4 Å². The van der Waals surface area contributed by atoms with Crippen LogP contribution in [-0.4, -0.2) is 50.5 Å². The number of benzene rings is 1. The Morgan fingerprint density at radius 1 is 1.11 bits per heavy atom. The summed E-state index contributed by atoms with van der Waals surface area (Å²) in [6.45, 7) is 12.3. The highest BCUT2D eigenvalue weighted by molar-refractivity contribution is 6.30. The number of amides is 2. The van der Waals surface area contributed by atoms with Crippen molar-refractivity contribution in [2.45, 2.75) is 52.5 Å². The minimum Gasteiger partial charge on any atom is -0.449 e. The normalized spacial score (nSPS) is 16.0. The van der Waals surface area contributed by atoms with Crippen LogP contribution in [0.4, 0.5) is 5.82 Å². The fraction of sp³-hybridized carbons (Fsp3) is 0.357. The SMILES string of the molecule is Cc1cc(N2CCN(C(=O)c3cc4nc(-c5ccc(Cl)cc5)cc(C(C)(C)C)c4o3)C(C)(C)C2=O)[nH]n1. The molecule has 37 heavy (non-hydrogen) atoms. The van der Waals surface area contributed by atoms with Gasteiger partial charge in [-0.2, -0.15) is 5.10 Å². The van der Waals surface area contributed by atoms with Crippen LogP contribution in [0.2, 0.25) is 5.02 Å². The highest BCUT2D eigenvalue weighted by Gasteiger charge is 2.46. The summed E-state index contributed by atoms with van der Waals surface area (Å²) >= 11 is 6.08. The monoisotopic (exact) mass is 519 g/mol.